The summed E-state index contributed by atoms with van der Waals surface area (Å²) >= 11 is 0. The first-order valence-electron chi connectivity index (χ1n) is 5.96. The zero-order valence-electron chi connectivity index (χ0n) is 10.2. The Bertz CT molecular complexity index is 505. The third-order valence-electron chi connectivity index (χ3n) is 2.60. The van der Waals surface area contributed by atoms with Gasteiger partial charge in [0.2, 0.25) is 5.95 Å². The Balaban J connectivity index is 1.94. The molecule has 2 aromatic rings. The van der Waals surface area contributed by atoms with Gasteiger partial charge in [0.25, 0.3) is 0 Å². The van der Waals surface area contributed by atoms with Crippen LogP contribution in [-0.4, -0.2) is 22.3 Å². The molecule has 1 aromatic carbocycles. The number of nitrogens with zero attached hydrogens (tertiary/aromatic N) is 2. The lowest BCUT2D eigenvalue weighted by atomic mass is 10.3. The fourth-order valence-electron chi connectivity index (χ4n) is 1.72. The Morgan fingerprint density at radius 2 is 1.89 bits per heavy atom. The van der Waals surface area contributed by atoms with Crippen molar-refractivity contribution in [2.45, 2.75) is 19.0 Å². The smallest absolute Gasteiger partial charge is 0.355 e. The van der Waals surface area contributed by atoms with E-state index in [1.54, 1.807) is 17.0 Å². The van der Waals surface area contributed by atoms with Crippen LogP contribution >= 0.6 is 0 Å². The van der Waals surface area contributed by atoms with Gasteiger partial charge in [-0.3, -0.25) is 4.57 Å². The van der Waals surface area contributed by atoms with Gasteiger partial charge in [-0.15, -0.1) is 0 Å². The molecule has 6 heteroatoms. The lowest BCUT2D eigenvalue weighted by Gasteiger charge is -2.10. The molecule has 0 saturated carbocycles. The van der Waals surface area contributed by atoms with E-state index in [0.29, 0.717) is 5.95 Å². The van der Waals surface area contributed by atoms with E-state index in [0.717, 1.165) is 5.69 Å². The minimum atomic E-state index is -4.10. The summed E-state index contributed by atoms with van der Waals surface area (Å²) in [5.41, 5.74) is 0.915. The molecule has 1 aromatic heterocycles. The molecular weight excluding hydrogens is 255 g/mol. The topological polar surface area (TPSA) is 29.9 Å². The van der Waals surface area contributed by atoms with Crippen LogP contribution in [0.3, 0.4) is 0 Å². The van der Waals surface area contributed by atoms with Crippen molar-refractivity contribution in [3.05, 3.63) is 42.7 Å². The monoisotopic (exact) mass is 269 g/mol. The molecule has 0 fully saturated rings. The summed E-state index contributed by atoms with van der Waals surface area (Å²) in [4.78, 5) is 4.10. The number of halogens is 3. The van der Waals surface area contributed by atoms with Gasteiger partial charge in [0.05, 0.1) is 0 Å². The van der Waals surface area contributed by atoms with E-state index in [9.17, 15) is 13.2 Å². The molecule has 0 amide bonds. The van der Waals surface area contributed by atoms with Crippen molar-refractivity contribution < 1.29 is 13.2 Å². The predicted molar refractivity (Wildman–Crippen MR) is 67.3 cm³/mol. The summed E-state index contributed by atoms with van der Waals surface area (Å²) in [6, 6.07) is 9.49. The quantitative estimate of drug-likeness (QED) is 0.840. The lowest BCUT2D eigenvalue weighted by molar-refractivity contribution is -0.134. The van der Waals surface area contributed by atoms with Crippen molar-refractivity contribution in [2.24, 2.45) is 0 Å². The molecule has 2 rings (SSSR count). The van der Waals surface area contributed by atoms with Crippen LogP contribution < -0.4 is 5.32 Å². The first-order chi connectivity index (χ1) is 9.06. The lowest BCUT2D eigenvalue weighted by Crippen LogP contribution is -2.12. The summed E-state index contributed by atoms with van der Waals surface area (Å²) in [6.07, 6.45) is -1.48. The largest absolute Gasteiger partial charge is 0.389 e. The molecular formula is C13H14F3N3. The van der Waals surface area contributed by atoms with Crippen LogP contribution in [0.15, 0.2) is 42.7 Å². The number of hydrogen-bond acceptors (Lipinski definition) is 2. The molecule has 102 valence electrons. The van der Waals surface area contributed by atoms with Crippen molar-refractivity contribution in [1.82, 2.24) is 9.55 Å². The van der Waals surface area contributed by atoms with Gasteiger partial charge in [-0.05, 0) is 18.6 Å². The molecule has 0 aliphatic rings. The zero-order valence-corrected chi connectivity index (χ0v) is 10.2. The zero-order chi connectivity index (χ0) is 13.7. The number of para-hydroxylation sites is 1. The number of alkyl halides is 3. The second kappa shape index (κ2) is 5.77. The van der Waals surface area contributed by atoms with Crippen molar-refractivity contribution in [1.29, 1.82) is 0 Å². The highest BCUT2D eigenvalue weighted by Crippen LogP contribution is 2.21. The van der Waals surface area contributed by atoms with Crippen molar-refractivity contribution in [2.75, 3.05) is 11.9 Å². The van der Waals surface area contributed by atoms with E-state index in [2.05, 4.69) is 10.3 Å². The van der Waals surface area contributed by atoms with E-state index in [1.807, 2.05) is 30.3 Å². The molecule has 0 aliphatic carbocycles. The normalized spacial score (nSPS) is 11.5. The van der Waals surface area contributed by atoms with Gasteiger partial charge in [-0.25, -0.2) is 4.98 Å². The summed E-state index contributed by atoms with van der Waals surface area (Å²) in [5.74, 6) is 0.549. The first kappa shape index (κ1) is 13.5. The number of nitrogens with one attached hydrogen (secondary N) is 1. The number of hydrogen-bond donors (Lipinski definition) is 1. The maximum atomic E-state index is 12.0. The number of rotatable bonds is 5. The fourth-order valence-corrected chi connectivity index (χ4v) is 1.72. The van der Waals surface area contributed by atoms with Gasteiger partial charge in [0.1, 0.15) is 0 Å². The third kappa shape index (κ3) is 4.01. The first-order valence-corrected chi connectivity index (χ1v) is 5.96. The maximum absolute atomic E-state index is 12.0. The molecule has 0 unspecified atom stereocenters. The second-order valence-electron chi connectivity index (χ2n) is 4.10. The fraction of sp³-hybridized carbons (Fsp3) is 0.308. The third-order valence-corrected chi connectivity index (χ3v) is 2.60. The highest BCUT2D eigenvalue weighted by atomic mass is 19.4. The number of imidazole rings is 1. The number of benzene rings is 1. The molecule has 3 nitrogen and oxygen atoms in total. The SMILES string of the molecule is FC(F)(F)CCCNc1nccn1-c1ccccc1. The molecule has 1 N–H and O–H groups in total. The highest BCUT2D eigenvalue weighted by molar-refractivity contribution is 5.41. The van der Waals surface area contributed by atoms with E-state index in [-0.39, 0.29) is 13.0 Å². The summed E-state index contributed by atoms with van der Waals surface area (Å²) in [7, 11) is 0. The molecule has 19 heavy (non-hydrogen) atoms. The Morgan fingerprint density at radius 1 is 1.16 bits per heavy atom. The molecule has 0 spiro atoms. The number of aromatic nitrogens is 2. The minimum Gasteiger partial charge on any atom is -0.355 e. The van der Waals surface area contributed by atoms with E-state index in [1.165, 1.54) is 0 Å². The highest BCUT2D eigenvalue weighted by Gasteiger charge is 2.25. The van der Waals surface area contributed by atoms with E-state index in [4.69, 9.17) is 0 Å². The van der Waals surface area contributed by atoms with Crippen LogP contribution in [0.5, 0.6) is 0 Å². The summed E-state index contributed by atoms with van der Waals surface area (Å²) in [6.45, 7) is 0.239. The Hall–Kier alpha value is -1.98. The van der Waals surface area contributed by atoms with Crippen molar-refractivity contribution in [3.63, 3.8) is 0 Å². The van der Waals surface area contributed by atoms with Crippen LogP contribution in [0, 0.1) is 0 Å². The molecule has 0 radical (unpaired) electrons. The van der Waals surface area contributed by atoms with Crippen LogP contribution in [0.25, 0.3) is 5.69 Å². The van der Waals surface area contributed by atoms with Gasteiger partial charge in [0, 0.05) is 31.0 Å². The second-order valence-corrected chi connectivity index (χ2v) is 4.10. The van der Waals surface area contributed by atoms with Gasteiger partial charge < -0.3 is 5.32 Å². The molecule has 0 saturated heterocycles. The average molecular weight is 269 g/mol. The summed E-state index contributed by atoms with van der Waals surface area (Å²) in [5, 5.41) is 2.92. The summed E-state index contributed by atoms with van der Waals surface area (Å²) < 4.78 is 37.9. The van der Waals surface area contributed by atoms with Crippen LogP contribution in [0.4, 0.5) is 19.1 Å². The van der Waals surface area contributed by atoms with E-state index < -0.39 is 12.6 Å². The van der Waals surface area contributed by atoms with Gasteiger partial charge in [-0.2, -0.15) is 13.2 Å². The standard InChI is InChI=1S/C13H14F3N3/c14-13(15,16)7-4-8-17-12-18-9-10-19(12)11-5-2-1-3-6-11/h1-3,5-6,9-10H,4,7-8H2,(H,17,18). The van der Waals surface area contributed by atoms with Gasteiger partial charge in [-0.1, -0.05) is 18.2 Å². The Kier molecular flexibility index (Phi) is 4.09. The molecule has 0 atom stereocenters. The van der Waals surface area contributed by atoms with Gasteiger partial charge in [0.15, 0.2) is 0 Å². The van der Waals surface area contributed by atoms with E-state index >= 15 is 0 Å². The van der Waals surface area contributed by atoms with Crippen LogP contribution in [0.2, 0.25) is 0 Å². The van der Waals surface area contributed by atoms with Crippen molar-refractivity contribution >= 4 is 5.95 Å². The molecule has 0 bridgehead atoms. The Morgan fingerprint density at radius 3 is 2.58 bits per heavy atom. The predicted octanol–water partition coefficient (Wildman–Crippen LogP) is 3.63. The molecule has 1 heterocycles. The Labute approximate surface area is 109 Å². The average Bonchev–Trinajstić information content (AvgIpc) is 2.83. The maximum Gasteiger partial charge on any atom is 0.389 e. The molecule has 0 aliphatic heterocycles. The minimum absolute atomic E-state index is 0.0329. The van der Waals surface area contributed by atoms with Crippen molar-refractivity contribution in [3.8, 4) is 5.69 Å². The van der Waals surface area contributed by atoms with Crippen LogP contribution in [-0.2, 0) is 0 Å². The number of anilines is 1. The van der Waals surface area contributed by atoms with Crippen LogP contribution in [0.1, 0.15) is 12.8 Å². The van der Waals surface area contributed by atoms with Gasteiger partial charge >= 0.3 is 6.18 Å².